The molecule has 2 N–H and O–H groups in total. The number of rotatable bonds is 0. The molecule has 6 heteroatoms. The molecule has 2 rings (SSSR count). The Morgan fingerprint density at radius 1 is 1.31 bits per heavy atom. The molecule has 2 heterocycles. The second-order valence-electron chi connectivity index (χ2n) is 2.28. The Morgan fingerprint density at radius 3 is 3.15 bits per heavy atom. The molecule has 0 aromatic carbocycles. The van der Waals surface area contributed by atoms with Gasteiger partial charge in [-0.15, -0.1) is 0 Å². The lowest BCUT2D eigenvalue weighted by molar-refractivity contribution is 1.03. The Labute approximate surface area is 82.1 Å². The zero-order valence-electron chi connectivity index (χ0n) is 6.53. The van der Waals surface area contributed by atoms with Crippen molar-refractivity contribution < 1.29 is 0 Å². The summed E-state index contributed by atoms with van der Waals surface area (Å²) in [5.41, 5.74) is 1.24. The fraction of sp³-hybridized carbons (Fsp3) is 0. The van der Waals surface area contributed by atoms with Gasteiger partial charge >= 0.3 is 0 Å². The van der Waals surface area contributed by atoms with Gasteiger partial charge in [0.1, 0.15) is 4.60 Å². The van der Waals surface area contributed by atoms with Crippen LogP contribution in [0.4, 0.5) is 0 Å². The molecule has 0 aliphatic carbocycles. The highest BCUT2D eigenvalue weighted by molar-refractivity contribution is 9.10. The summed E-state index contributed by atoms with van der Waals surface area (Å²) in [5.74, 6) is 0. The predicted molar refractivity (Wildman–Crippen MR) is 51.4 cm³/mol. The van der Waals surface area contributed by atoms with E-state index >= 15 is 0 Å². The third-order valence-corrected chi connectivity index (χ3v) is 1.77. The highest BCUT2D eigenvalue weighted by atomic mass is 79.9. The van der Waals surface area contributed by atoms with E-state index in [-0.39, 0.29) is 0 Å². The summed E-state index contributed by atoms with van der Waals surface area (Å²) in [7, 11) is 0. The van der Waals surface area contributed by atoms with E-state index in [1.807, 2.05) is 0 Å². The molecule has 0 saturated heterocycles. The Hall–Kier alpha value is -1.43. The normalized spacial score (nSPS) is 9.92. The summed E-state index contributed by atoms with van der Waals surface area (Å²) in [6.07, 6.45) is 4.98. The third kappa shape index (κ3) is 1.83. The van der Waals surface area contributed by atoms with Crippen molar-refractivity contribution in [2.75, 3.05) is 0 Å². The quantitative estimate of drug-likeness (QED) is 0.734. The van der Waals surface area contributed by atoms with Gasteiger partial charge in [-0.3, -0.25) is 5.10 Å². The van der Waals surface area contributed by atoms with Gasteiger partial charge in [-0.25, -0.2) is 9.97 Å². The van der Waals surface area contributed by atoms with Crippen LogP contribution in [0.2, 0.25) is 0 Å². The van der Waals surface area contributed by atoms with Crippen molar-refractivity contribution in [2.45, 2.75) is 0 Å². The summed E-state index contributed by atoms with van der Waals surface area (Å²) in [4.78, 5) is 11.2. The van der Waals surface area contributed by atoms with Crippen molar-refractivity contribution in [1.82, 2.24) is 25.1 Å². The van der Waals surface area contributed by atoms with Crippen molar-refractivity contribution in [3.8, 4) is 0 Å². The maximum Gasteiger partial charge on any atom is 0.191 e. The van der Waals surface area contributed by atoms with Crippen LogP contribution in [0, 0.1) is 0 Å². The minimum Gasteiger partial charge on any atom is -0.343 e. The van der Waals surface area contributed by atoms with E-state index in [4.69, 9.17) is 0 Å². The summed E-state index contributed by atoms with van der Waals surface area (Å²) in [6.45, 7) is 0. The minimum atomic E-state index is 0.593. The average molecular weight is 240 g/mol. The average Bonchev–Trinajstić information content (AvgIpc) is 2.08. The van der Waals surface area contributed by atoms with Gasteiger partial charge in [0.25, 0.3) is 0 Å². The number of halogens is 1. The van der Waals surface area contributed by atoms with Crippen LogP contribution in [-0.4, -0.2) is 25.1 Å². The number of aromatic amines is 2. The van der Waals surface area contributed by atoms with E-state index in [1.54, 1.807) is 24.7 Å². The van der Waals surface area contributed by atoms with Gasteiger partial charge in [0.15, 0.2) is 11.3 Å². The van der Waals surface area contributed by atoms with E-state index < -0.39 is 0 Å². The molecule has 13 heavy (non-hydrogen) atoms. The number of H-pyrrole nitrogens is 2. The number of aromatic nitrogens is 5. The molecule has 2 aromatic heterocycles. The summed E-state index contributed by atoms with van der Waals surface area (Å²) < 4.78 is 0.667. The number of hydrogen-bond donors (Lipinski definition) is 2. The summed E-state index contributed by atoms with van der Waals surface area (Å²) >= 11 is 3.22. The van der Waals surface area contributed by atoms with Crippen molar-refractivity contribution >= 4 is 27.2 Å². The molecule has 0 radical (unpaired) electrons. The first-order valence-electron chi connectivity index (χ1n) is 3.59. The van der Waals surface area contributed by atoms with Gasteiger partial charge < -0.3 is 4.98 Å². The van der Waals surface area contributed by atoms with E-state index in [0.717, 1.165) is 0 Å². The van der Waals surface area contributed by atoms with Crippen LogP contribution in [0.3, 0.4) is 0 Å². The second kappa shape index (κ2) is 3.53. The molecule has 0 spiro atoms. The molecule has 2 aromatic rings. The van der Waals surface area contributed by atoms with Crippen LogP contribution in [0.5, 0.6) is 0 Å². The van der Waals surface area contributed by atoms with Crippen LogP contribution in [0.25, 0.3) is 11.3 Å². The Balaban J connectivity index is 2.81. The molecule has 0 saturated carbocycles. The van der Waals surface area contributed by atoms with Gasteiger partial charge in [-0.05, 0) is 22.0 Å². The van der Waals surface area contributed by atoms with Crippen LogP contribution in [-0.2, 0) is 0 Å². The molecular weight excluding hydrogens is 234 g/mol. The molecule has 0 fully saturated rings. The van der Waals surface area contributed by atoms with E-state index in [0.29, 0.717) is 15.9 Å². The highest BCUT2D eigenvalue weighted by Crippen LogP contribution is 2.05. The molecular formula is C7H6BrN5. The monoisotopic (exact) mass is 239 g/mol. The molecule has 5 nitrogen and oxygen atoms in total. The third-order valence-electron chi connectivity index (χ3n) is 1.39. The lowest BCUT2D eigenvalue weighted by Gasteiger charge is -1.93. The topological polar surface area (TPSA) is 70.2 Å². The number of nitrogens with one attached hydrogen (secondary N) is 2. The zero-order valence-corrected chi connectivity index (χ0v) is 8.12. The largest absolute Gasteiger partial charge is 0.343 e. The number of nitrogens with zero attached hydrogens (tertiary/aromatic N) is 3. The first-order valence-corrected chi connectivity index (χ1v) is 4.39. The summed E-state index contributed by atoms with van der Waals surface area (Å²) in [6, 6.07) is 1.76. The molecule has 0 aliphatic rings. The zero-order chi connectivity index (χ0) is 9.10. The van der Waals surface area contributed by atoms with Crippen molar-refractivity contribution in [2.24, 2.45) is 0 Å². The minimum absolute atomic E-state index is 0.593. The lowest BCUT2D eigenvalue weighted by Crippen LogP contribution is -1.89. The predicted octanol–water partition coefficient (Wildman–Crippen LogP) is 1.57. The van der Waals surface area contributed by atoms with Crippen molar-refractivity contribution in [3.63, 3.8) is 0 Å². The Kier molecular flexibility index (Phi) is 2.22. The standard InChI is InChI=1S/C7H6BrN5/c8-5-4-10-6-7(12-5)13-11-3-1-2-9-6/h1-4H,(H,9,10)(H,12,13). The molecule has 0 atom stereocenters. The Bertz CT molecular complexity index is 459. The fourth-order valence-corrected chi connectivity index (χ4v) is 1.14. The number of hydrogen-bond acceptors (Lipinski definition) is 3. The van der Waals surface area contributed by atoms with Crippen LogP contribution in [0.15, 0.2) is 29.3 Å². The Morgan fingerprint density at radius 2 is 2.23 bits per heavy atom. The maximum atomic E-state index is 4.15. The molecule has 0 bridgehead atoms. The van der Waals surface area contributed by atoms with Gasteiger partial charge in [-0.1, -0.05) is 0 Å². The van der Waals surface area contributed by atoms with Crippen LogP contribution < -0.4 is 0 Å². The van der Waals surface area contributed by atoms with E-state index in [1.165, 1.54) is 0 Å². The van der Waals surface area contributed by atoms with Crippen molar-refractivity contribution in [1.29, 1.82) is 0 Å². The second-order valence-corrected chi connectivity index (χ2v) is 3.10. The summed E-state index contributed by atoms with van der Waals surface area (Å²) in [5, 5.41) is 6.65. The maximum absolute atomic E-state index is 4.15. The highest BCUT2D eigenvalue weighted by Gasteiger charge is 1.93. The molecule has 66 valence electrons. The molecule has 0 unspecified atom stereocenters. The lowest BCUT2D eigenvalue weighted by atomic mass is 10.6. The number of fused-ring (bicyclic) bond motifs is 1. The van der Waals surface area contributed by atoms with Crippen molar-refractivity contribution in [3.05, 3.63) is 29.3 Å². The first kappa shape index (κ1) is 8.18. The van der Waals surface area contributed by atoms with Gasteiger partial charge in [0.2, 0.25) is 0 Å². The van der Waals surface area contributed by atoms with E-state index in [9.17, 15) is 0 Å². The van der Waals surface area contributed by atoms with Gasteiger partial charge in [0, 0.05) is 12.4 Å². The fourth-order valence-electron chi connectivity index (χ4n) is 0.863. The molecule has 0 amide bonds. The first-order chi connectivity index (χ1) is 6.36. The van der Waals surface area contributed by atoms with Crippen LogP contribution in [0.1, 0.15) is 0 Å². The van der Waals surface area contributed by atoms with Gasteiger partial charge in [-0.2, -0.15) is 5.10 Å². The molecule has 0 aliphatic heterocycles. The van der Waals surface area contributed by atoms with Crippen LogP contribution >= 0.6 is 15.9 Å². The SMILES string of the molecule is Brc1cnc2[nH]cccn[nH]c2n1. The smallest absolute Gasteiger partial charge is 0.191 e. The van der Waals surface area contributed by atoms with Gasteiger partial charge in [0.05, 0.1) is 6.20 Å². The van der Waals surface area contributed by atoms with E-state index in [2.05, 4.69) is 41.1 Å².